The van der Waals surface area contributed by atoms with Crippen molar-refractivity contribution in [2.45, 2.75) is 51.1 Å². The van der Waals surface area contributed by atoms with Crippen molar-refractivity contribution in [2.75, 3.05) is 38.2 Å². The minimum atomic E-state index is 0.278. The number of rotatable bonds is 6. The maximum Gasteiger partial charge on any atom is 0.223 e. The molecule has 174 valence electrons. The first-order valence-electron chi connectivity index (χ1n) is 11.6. The van der Waals surface area contributed by atoms with Crippen LogP contribution in [-0.2, 0) is 6.54 Å². The van der Waals surface area contributed by atoms with Crippen LogP contribution in [0, 0.1) is 13.8 Å². The first-order valence-corrected chi connectivity index (χ1v) is 12.6. The highest BCUT2D eigenvalue weighted by Gasteiger charge is 2.22. The van der Waals surface area contributed by atoms with Crippen molar-refractivity contribution >= 4 is 34.8 Å². The van der Waals surface area contributed by atoms with E-state index in [1.54, 1.807) is 18.9 Å². The highest BCUT2D eigenvalue weighted by Crippen LogP contribution is 2.36. The Hall–Kier alpha value is -2.65. The third-order valence-corrected chi connectivity index (χ3v) is 7.67. The smallest absolute Gasteiger partial charge is 0.223 e. The van der Waals surface area contributed by atoms with Gasteiger partial charge in [-0.25, -0.2) is 9.67 Å². The second-order valence-electron chi connectivity index (χ2n) is 8.92. The van der Waals surface area contributed by atoms with Gasteiger partial charge in [-0.1, -0.05) is 12.0 Å². The molecule has 1 fully saturated rings. The highest BCUT2D eigenvalue weighted by molar-refractivity contribution is 7.99. The molecule has 0 unspecified atom stereocenters. The SMILES string of the molecule is COc1c(C)cnc(Cn2nc3c4c(nc(N)nc42)SCC(CCN2CCCCC2)=C3)c1C. The summed E-state index contributed by atoms with van der Waals surface area (Å²) in [7, 11) is 1.69. The Balaban J connectivity index is 1.48. The lowest BCUT2D eigenvalue weighted by molar-refractivity contribution is 0.231. The molecule has 0 aliphatic carbocycles. The summed E-state index contributed by atoms with van der Waals surface area (Å²) >= 11 is 1.73. The van der Waals surface area contributed by atoms with E-state index >= 15 is 0 Å². The van der Waals surface area contributed by atoms with Crippen LogP contribution in [0.2, 0.25) is 0 Å². The topological polar surface area (TPSA) is 95.0 Å². The molecule has 0 amide bonds. The zero-order valence-corrected chi connectivity index (χ0v) is 20.4. The van der Waals surface area contributed by atoms with Gasteiger partial charge >= 0.3 is 0 Å². The number of methoxy groups -OCH3 is 1. The first kappa shape index (κ1) is 22.2. The number of nitrogens with two attached hydrogens (primary N) is 1. The van der Waals surface area contributed by atoms with Gasteiger partial charge in [0.25, 0.3) is 0 Å². The molecule has 3 aromatic rings. The predicted molar refractivity (Wildman–Crippen MR) is 133 cm³/mol. The number of hydrogen-bond donors (Lipinski definition) is 1. The highest BCUT2D eigenvalue weighted by atomic mass is 32.2. The van der Waals surface area contributed by atoms with Gasteiger partial charge in [-0.15, -0.1) is 11.8 Å². The molecular formula is C24H31N7OS. The number of pyridine rings is 1. The van der Waals surface area contributed by atoms with E-state index in [1.807, 2.05) is 24.7 Å². The van der Waals surface area contributed by atoms with Crippen LogP contribution in [-0.4, -0.2) is 62.1 Å². The van der Waals surface area contributed by atoms with Crippen molar-refractivity contribution in [1.29, 1.82) is 0 Å². The molecule has 9 heteroatoms. The summed E-state index contributed by atoms with van der Waals surface area (Å²) in [6, 6.07) is 0. The number of aromatic nitrogens is 5. The van der Waals surface area contributed by atoms with E-state index < -0.39 is 0 Å². The lowest BCUT2D eigenvalue weighted by atomic mass is 10.1. The number of ether oxygens (including phenoxy) is 1. The molecule has 5 heterocycles. The van der Waals surface area contributed by atoms with Crippen LogP contribution in [0.1, 0.15) is 48.2 Å². The van der Waals surface area contributed by atoms with Crippen LogP contribution in [0.25, 0.3) is 17.1 Å². The van der Waals surface area contributed by atoms with Gasteiger partial charge in [-0.2, -0.15) is 10.1 Å². The molecule has 0 atom stereocenters. The molecule has 2 N–H and O–H groups in total. The van der Waals surface area contributed by atoms with E-state index in [1.165, 1.54) is 37.9 Å². The van der Waals surface area contributed by atoms with Crippen molar-refractivity contribution < 1.29 is 4.74 Å². The van der Waals surface area contributed by atoms with Gasteiger partial charge in [0, 0.05) is 29.6 Å². The van der Waals surface area contributed by atoms with E-state index in [0.29, 0.717) is 6.54 Å². The lowest BCUT2D eigenvalue weighted by Gasteiger charge is -2.26. The fourth-order valence-electron chi connectivity index (χ4n) is 4.80. The number of aryl methyl sites for hydroxylation is 1. The van der Waals surface area contributed by atoms with Gasteiger partial charge in [0.05, 0.1) is 30.4 Å². The minimum Gasteiger partial charge on any atom is -0.496 e. The molecule has 33 heavy (non-hydrogen) atoms. The van der Waals surface area contributed by atoms with Crippen LogP contribution >= 0.6 is 11.8 Å². The third kappa shape index (κ3) is 4.44. The van der Waals surface area contributed by atoms with E-state index in [-0.39, 0.29) is 5.95 Å². The predicted octanol–water partition coefficient (Wildman–Crippen LogP) is 3.84. The molecule has 3 aromatic heterocycles. The zero-order chi connectivity index (χ0) is 22.9. The normalized spacial score (nSPS) is 16.6. The molecule has 0 bridgehead atoms. The van der Waals surface area contributed by atoms with Crippen molar-refractivity contribution in [3.05, 3.63) is 34.3 Å². The van der Waals surface area contributed by atoms with Gasteiger partial charge in [0.1, 0.15) is 10.8 Å². The summed E-state index contributed by atoms with van der Waals surface area (Å²) in [6.07, 6.45) is 9.13. The number of likely N-dealkylation sites (tertiary alicyclic amines) is 1. The minimum absolute atomic E-state index is 0.278. The van der Waals surface area contributed by atoms with Crippen LogP contribution in [0.5, 0.6) is 5.75 Å². The van der Waals surface area contributed by atoms with E-state index in [4.69, 9.17) is 15.6 Å². The number of anilines is 1. The number of nitrogen functional groups attached to an aromatic ring is 1. The van der Waals surface area contributed by atoms with E-state index in [0.717, 1.165) is 63.0 Å². The second kappa shape index (κ2) is 9.30. The molecule has 0 saturated carbocycles. The van der Waals surface area contributed by atoms with Crippen LogP contribution < -0.4 is 10.5 Å². The fourth-order valence-corrected chi connectivity index (χ4v) is 5.84. The molecule has 2 aliphatic heterocycles. The van der Waals surface area contributed by atoms with Gasteiger partial charge in [-0.3, -0.25) is 4.98 Å². The summed E-state index contributed by atoms with van der Waals surface area (Å²) < 4.78 is 7.50. The maximum atomic E-state index is 6.10. The Kier molecular flexibility index (Phi) is 6.25. The van der Waals surface area contributed by atoms with Crippen LogP contribution in [0.4, 0.5) is 5.95 Å². The summed E-state index contributed by atoms with van der Waals surface area (Å²) in [4.78, 5) is 16.4. The number of piperidine rings is 1. The zero-order valence-electron chi connectivity index (χ0n) is 19.6. The molecule has 2 aliphatic rings. The summed E-state index contributed by atoms with van der Waals surface area (Å²) in [5.74, 6) is 2.05. The van der Waals surface area contributed by atoms with E-state index in [2.05, 4.69) is 25.9 Å². The van der Waals surface area contributed by atoms with Gasteiger partial charge in [0.2, 0.25) is 5.95 Å². The average molecular weight is 466 g/mol. The van der Waals surface area contributed by atoms with Gasteiger partial charge in [0.15, 0.2) is 5.65 Å². The Labute approximate surface area is 198 Å². The standard InChI is InChI=1S/C24H31N7OS/c1-15-12-26-19(16(2)21(15)32-3)13-31-22-20-18(29-31)11-17(7-10-30-8-5-4-6-9-30)14-33-23(20)28-24(25)27-22/h11-12H,4-10,13-14H2,1-3H3,(H2,25,27,28). The lowest BCUT2D eigenvalue weighted by Crippen LogP contribution is -2.30. The molecule has 5 rings (SSSR count). The van der Waals surface area contributed by atoms with Gasteiger partial charge in [-0.05, 0) is 52.3 Å². The van der Waals surface area contributed by atoms with E-state index in [9.17, 15) is 0 Å². The Morgan fingerprint density at radius 1 is 1.15 bits per heavy atom. The summed E-state index contributed by atoms with van der Waals surface area (Å²) in [5, 5.41) is 6.85. The molecule has 8 nitrogen and oxygen atoms in total. The number of thioether (sulfide) groups is 1. The Bertz CT molecular complexity index is 1210. The maximum absolute atomic E-state index is 6.10. The van der Waals surface area contributed by atoms with Crippen molar-refractivity contribution in [3.63, 3.8) is 0 Å². The monoisotopic (exact) mass is 465 g/mol. The summed E-state index contributed by atoms with van der Waals surface area (Å²) in [6.45, 7) is 8.07. The number of hydrogen-bond acceptors (Lipinski definition) is 8. The van der Waals surface area contributed by atoms with Crippen molar-refractivity contribution in [3.8, 4) is 5.75 Å². The molecule has 0 radical (unpaired) electrons. The quantitative estimate of drug-likeness (QED) is 0.549. The van der Waals surface area contributed by atoms with Crippen molar-refractivity contribution in [1.82, 2.24) is 29.6 Å². The van der Waals surface area contributed by atoms with Gasteiger partial charge < -0.3 is 15.4 Å². The van der Waals surface area contributed by atoms with Crippen LogP contribution in [0.3, 0.4) is 0 Å². The first-order chi connectivity index (χ1) is 16.0. The molecule has 0 aromatic carbocycles. The summed E-state index contributed by atoms with van der Waals surface area (Å²) in [5.41, 5.74) is 12.1. The fraction of sp³-hybridized carbons (Fsp3) is 0.500. The number of nitrogens with zero attached hydrogens (tertiary/aromatic N) is 6. The van der Waals surface area contributed by atoms with Crippen molar-refractivity contribution in [2.24, 2.45) is 0 Å². The average Bonchev–Trinajstić information content (AvgIpc) is 3.04. The Morgan fingerprint density at radius 3 is 2.76 bits per heavy atom. The molecule has 1 saturated heterocycles. The Morgan fingerprint density at radius 2 is 1.97 bits per heavy atom. The third-order valence-electron chi connectivity index (χ3n) is 6.59. The largest absolute Gasteiger partial charge is 0.496 e. The molecule has 0 spiro atoms. The molecular weight excluding hydrogens is 434 g/mol. The van der Waals surface area contributed by atoms with Crippen LogP contribution in [0.15, 0.2) is 16.8 Å². The second-order valence-corrected chi connectivity index (χ2v) is 9.88.